The zero-order valence-electron chi connectivity index (χ0n) is 12.4. The lowest BCUT2D eigenvalue weighted by molar-refractivity contribution is -0.188. The van der Waals surface area contributed by atoms with Crippen molar-refractivity contribution < 1.29 is 13.2 Å². The molecule has 1 fully saturated rings. The van der Waals surface area contributed by atoms with E-state index in [-0.39, 0.29) is 18.4 Å². The summed E-state index contributed by atoms with van der Waals surface area (Å²) in [6.45, 7) is 6.82. The van der Waals surface area contributed by atoms with Crippen LogP contribution in [0.15, 0.2) is 0 Å². The molecule has 0 amide bonds. The Morgan fingerprint density at radius 3 is 2.00 bits per heavy atom. The lowest BCUT2D eigenvalue weighted by atomic mass is 9.74. The molecule has 0 aromatic rings. The van der Waals surface area contributed by atoms with E-state index in [4.69, 9.17) is 5.73 Å². The smallest absolute Gasteiger partial charge is 0.329 e. The quantitative estimate of drug-likeness (QED) is 0.855. The molecule has 0 aliphatic heterocycles. The van der Waals surface area contributed by atoms with Gasteiger partial charge in [-0.2, -0.15) is 13.2 Å². The van der Waals surface area contributed by atoms with E-state index in [2.05, 4.69) is 25.7 Å². The predicted octanol–water partition coefficient (Wildman–Crippen LogP) is 3.41. The number of hydrogen-bond donors (Lipinski definition) is 1. The van der Waals surface area contributed by atoms with Gasteiger partial charge in [0.2, 0.25) is 0 Å². The Morgan fingerprint density at radius 1 is 1.21 bits per heavy atom. The molecule has 114 valence electrons. The van der Waals surface area contributed by atoms with Gasteiger partial charge in [0.15, 0.2) is 0 Å². The number of halogens is 3. The van der Waals surface area contributed by atoms with E-state index in [1.54, 1.807) is 0 Å². The molecule has 0 heterocycles. The van der Waals surface area contributed by atoms with Crippen molar-refractivity contribution in [2.24, 2.45) is 17.6 Å². The van der Waals surface area contributed by atoms with Gasteiger partial charge < -0.3 is 5.73 Å². The lowest BCUT2D eigenvalue weighted by Gasteiger charge is -2.49. The third kappa shape index (κ3) is 3.63. The molecule has 2 N–H and O–H groups in total. The summed E-state index contributed by atoms with van der Waals surface area (Å²) < 4.78 is 38.2. The fraction of sp³-hybridized carbons (Fsp3) is 1.00. The number of rotatable bonds is 4. The van der Waals surface area contributed by atoms with E-state index in [1.165, 1.54) is 0 Å². The average Bonchev–Trinajstić information content (AvgIpc) is 2.35. The minimum atomic E-state index is -4.05. The Hall–Kier alpha value is -0.290. The number of nitrogens with zero attached hydrogens (tertiary/aromatic N) is 1. The number of alkyl halides is 3. The van der Waals surface area contributed by atoms with Gasteiger partial charge in [0.1, 0.15) is 0 Å². The van der Waals surface area contributed by atoms with Crippen LogP contribution in [0.2, 0.25) is 0 Å². The summed E-state index contributed by atoms with van der Waals surface area (Å²) in [6, 6.07) is 0.325. The van der Waals surface area contributed by atoms with Crippen LogP contribution in [0.1, 0.15) is 46.5 Å². The number of nitrogens with two attached hydrogens (primary N) is 1. The fourth-order valence-electron chi connectivity index (χ4n) is 3.06. The van der Waals surface area contributed by atoms with Crippen molar-refractivity contribution in [2.75, 3.05) is 13.6 Å². The first-order chi connectivity index (χ1) is 8.64. The van der Waals surface area contributed by atoms with E-state index >= 15 is 0 Å². The molecular formula is C14H27F3N2. The Labute approximate surface area is 114 Å². The summed E-state index contributed by atoms with van der Waals surface area (Å²) >= 11 is 0. The SMILES string of the molecule is CC(C)C(C)N(C)C1(CN)CCC(C(F)(F)F)CC1. The Kier molecular flexibility index (Phi) is 5.29. The zero-order valence-corrected chi connectivity index (χ0v) is 12.4. The molecule has 0 bridgehead atoms. The highest BCUT2D eigenvalue weighted by Gasteiger charge is 2.47. The first-order valence-electron chi connectivity index (χ1n) is 7.14. The molecule has 1 unspecified atom stereocenters. The van der Waals surface area contributed by atoms with Crippen LogP contribution in [0.5, 0.6) is 0 Å². The Balaban J connectivity index is 2.75. The zero-order chi connectivity index (χ0) is 14.8. The molecule has 0 saturated heterocycles. The van der Waals surface area contributed by atoms with Gasteiger partial charge in [-0.15, -0.1) is 0 Å². The van der Waals surface area contributed by atoms with Crippen LogP contribution in [0.25, 0.3) is 0 Å². The van der Waals surface area contributed by atoms with Gasteiger partial charge in [-0.05, 0) is 45.6 Å². The molecule has 1 atom stereocenters. The molecule has 0 aromatic heterocycles. The van der Waals surface area contributed by atoms with Gasteiger partial charge in [0.05, 0.1) is 5.92 Å². The summed E-state index contributed by atoms with van der Waals surface area (Å²) in [6.07, 6.45) is -2.56. The summed E-state index contributed by atoms with van der Waals surface area (Å²) in [5.41, 5.74) is 5.65. The molecule has 0 radical (unpaired) electrons. The maximum atomic E-state index is 12.7. The average molecular weight is 280 g/mol. The van der Waals surface area contributed by atoms with Crippen LogP contribution in [0, 0.1) is 11.8 Å². The van der Waals surface area contributed by atoms with Gasteiger partial charge in [0, 0.05) is 18.1 Å². The second kappa shape index (κ2) is 6.00. The van der Waals surface area contributed by atoms with Gasteiger partial charge >= 0.3 is 6.18 Å². The third-order valence-corrected chi connectivity index (χ3v) is 5.08. The maximum absolute atomic E-state index is 12.7. The number of hydrogen-bond acceptors (Lipinski definition) is 2. The maximum Gasteiger partial charge on any atom is 0.391 e. The first kappa shape index (κ1) is 16.8. The van der Waals surface area contributed by atoms with Crippen molar-refractivity contribution in [1.82, 2.24) is 4.90 Å². The van der Waals surface area contributed by atoms with Crippen LogP contribution in [-0.2, 0) is 0 Å². The van der Waals surface area contributed by atoms with Crippen LogP contribution in [-0.4, -0.2) is 36.2 Å². The topological polar surface area (TPSA) is 29.3 Å². The molecule has 5 heteroatoms. The molecular weight excluding hydrogens is 253 g/mol. The molecule has 1 rings (SSSR count). The highest BCUT2D eigenvalue weighted by atomic mass is 19.4. The Bertz CT molecular complexity index is 281. The third-order valence-electron chi connectivity index (χ3n) is 5.08. The van der Waals surface area contributed by atoms with Crippen LogP contribution in [0.3, 0.4) is 0 Å². The fourth-order valence-corrected chi connectivity index (χ4v) is 3.06. The van der Waals surface area contributed by atoms with Gasteiger partial charge in [-0.1, -0.05) is 13.8 Å². The number of likely N-dealkylation sites (N-methyl/N-ethyl adjacent to an activating group) is 1. The van der Waals surface area contributed by atoms with Crippen molar-refractivity contribution in [3.8, 4) is 0 Å². The molecule has 19 heavy (non-hydrogen) atoms. The Morgan fingerprint density at radius 2 is 1.68 bits per heavy atom. The minimum Gasteiger partial charge on any atom is -0.329 e. The molecule has 2 nitrogen and oxygen atoms in total. The van der Waals surface area contributed by atoms with Crippen molar-refractivity contribution in [2.45, 2.75) is 64.2 Å². The molecule has 1 aliphatic carbocycles. The van der Waals surface area contributed by atoms with Crippen LogP contribution < -0.4 is 5.73 Å². The van der Waals surface area contributed by atoms with E-state index < -0.39 is 12.1 Å². The van der Waals surface area contributed by atoms with Crippen LogP contribution >= 0.6 is 0 Å². The second-order valence-corrected chi connectivity index (χ2v) is 6.34. The van der Waals surface area contributed by atoms with Gasteiger partial charge in [-0.25, -0.2) is 0 Å². The molecule has 0 spiro atoms. The normalized spacial score (nSPS) is 30.9. The summed E-state index contributed by atoms with van der Waals surface area (Å²) in [5, 5.41) is 0. The van der Waals surface area contributed by atoms with E-state index in [0.29, 0.717) is 31.3 Å². The summed E-state index contributed by atoms with van der Waals surface area (Å²) in [5.74, 6) is -0.677. The van der Waals surface area contributed by atoms with Crippen molar-refractivity contribution >= 4 is 0 Å². The van der Waals surface area contributed by atoms with E-state index in [1.807, 2.05) is 7.05 Å². The van der Waals surface area contributed by atoms with Crippen molar-refractivity contribution in [3.63, 3.8) is 0 Å². The molecule has 1 aliphatic rings. The first-order valence-corrected chi connectivity index (χ1v) is 7.14. The van der Waals surface area contributed by atoms with Crippen molar-refractivity contribution in [3.05, 3.63) is 0 Å². The van der Waals surface area contributed by atoms with Gasteiger partial charge in [0.25, 0.3) is 0 Å². The largest absolute Gasteiger partial charge is 0.391 e. The molecule has 0 aromatic carbocycles. The predicted molar refractivity (Wildman–Crippen MR) is 71.9 cm³/mol. The monoisotopic (exact) mass is 280 g/mol. The highest BCUT2D eigenvalue weighted by molar-refractivity contribution is 4.97. The highest BCUT2D eigenvalue weighted by Crippen LogP contribution is 2.43. The lowest BCUT2D eigenvalue weighted by Crippen LogP contribution is -2.58. The van der Waals surface area contributed by atoms with Gasteiger partial charge in [-0.3, -0.25) is 4.90 Å². The second-order valence-electron chi connectivity index (χ2n) is 6.34. The summed E-state index contributed by atoms with van der Waals surface area (Å²) in [4.78, 5) is 2.21. The summed E-state index contributed by atoms with van der Waals surface area (Å²) in [7, 11) is 2.01. The standard InChI is InChI=1S/C14H27F3N2/c1-10(2)11(3)19(4)13(9-18)7-5-12(6-8-13)14(15,16)17/h10-12H,5-9,18H2,1-4H3. The van der Waals surface area contributed by atoms with Crippen LogP contribution in [0.4, 0.5) is 13.2 Å². The van der Waals surface area contributed by atoms with Crippen molar-refractivity contribution in [1.29, 1.82) is 0 Å². The van der Waals surface area contributed by atoms with E-state index in [0.717, 1.165) is 0 Å². The van der Waals surface area contributed by atoms with E-state index in [9.17, 15) is 13.2 Å². The minimum absolute atomic E-state index is 0.204. The molecule has 1 saturated carbocycles.